The molecule has 0 atom stereocenters. The highest BCUT2D eigenvalue weighted by atomic mass is 16.6. The lowest BCUT2D eigenvalue weighted by atomic mass is 9.86. The Hall–Kier alpha value is -2.53. The van der Waals surface area contributed by atoms with E-state index in [4.69, 9.17) is 10.5 Å². The summed E-state index contributed by atoms with van der Waals surface area (Å²) in [6.45, 7) is 2.78. The summed E-state index contributed by atoms with van der Waals surface area (Å²) in [7, 11) is 0. The fourth-order valence-corrected chi connectivity index (χ4v) is 3.44. The van der Waals surface area contributed by atoms with Crippen LogP contribution in [0.4, 0.5) is 17.5 Å². The van der Waals surface area contributed by atoms with Crippen LogP contribution in [-0.4, -0.2) is 71.1 Å². The van der Waals surface area contributed by atoms with Gasteiger partial charge in [-0.3, -0.25) is 14.9 Å². The molecule has 1 amide bonds. The first-order valence-electron chi connectivity index (χ1n) is 9.63. The van der Waals surface area contributed by atoms with E-state index < -0.39 is 4.92 Å². The molecule has 11 heteroatoms. The Labute approximate surface area is 163 Å². The van der Waals surface area contributed by atoms with Gasteiger partial charge in [0.15, 0.2) is 0 Å². The van der Waals surface area contributed by atoms with E-state index in [-0.39, 0.29) is 35.9 Å². The third kappa shape index (κ3) is 5.49. The predicted octanol–water partition coefficient (Wildman–Crippen LogP) is 0.585. The number of morpholine rings is 1. The lowest BCUT2D eigenvalue weighted by Crippen LogP contribution is -2.43. The van der Waals surface area contributed by atoms with Gasteiger partial charge in [-0.25, -0.2) is 4.98 Å². The summed E-state index contributed by atoms with van der Waals surface area (Å²) in [4.78, 5) is 32.9. The molecule has 0 aromatic carbocycles. The number of hydrogen-bond acceptors (Lipinski definition) is 9. The first-order valence-corrected chi connectivity index (χ1v) is 9.63. The van der Waals surface area contributed by atoms with Gasteiger partial charge in [0.25, 0.3) is 0 Å². The van der Waals surface area contributed by atoms with Crippen LogP contribution >= 0.6 is 0 Å². The number of carbonyl (C=O) groups excluding carboxylic acids is 1. The van der Waals surface area contributed by atoms with Gasteiger partial charge in [0.2, 0.25) is 17.7 Å². The lowest BCUT2D eigenvalue weighted by Gasteiger charge is -2.27. The van der Waals surface area contributed by atoms with E-state index in [9.17, 15) is 14.9 Å². The van der Waals surface area contributed by atoms with Crippen molar-refractivity contribution in [1.82, 2.24) is 14.9 Å². The zero-order valence-corrected chi connectivity index (χ0v) is 15.8. The van der Waals surface area contributed by atoms with Crippen molar-refractivity contribution in [2.24, 2.45) is 11.7 Å². The van der Waals surface area contributed by atoms with Crippen molar-refractivity contribution >= 4 is 23.4 Å². The van der Waals surface area contributed by atoms with Crippen molar-refractivity contribution in [2.75, 3.05) is 50.0 Å². The van der Waals surface area contributed by atoms with Gasteiger partial charge in [0.1, 0.15) is 6.20 Å². The molecule has 0 radical (unpaired) electrons. The molecule has 3 rings (SSSR count). The maximum atomic E-state index is 12.2. The molecule has 1 aliphatic carbocycles. The van der Waals surface area contributed by atoms with Crippen LogP contribution in [0.15, 0.2) is 6.20 Å². The van der Waals surface area contributed by atoms with Crippen LogP contribution in [0.5, 0.6) is 0 Å². The van der Waals surface area contributed by atoms with Crippen LogP contribution in [0.2, 0.25) is 0 Å². The number of nitrogens with zero attached hydrogens (tertiary/aromatic N) is 4. The number of anilines is 2. The van der Waals surface area contributed by atoms with E-state index in [2.05, 4.69) is 20.6 Å². The number of rotatable bonds is 7. The smallest absolute Gasteiger partial charge is 0.329 e. The molecule has 2 heterocycles. The second kappa shape index (κ2) is 9.60. The summed E-state index contributed by atoms with van der Waals surface area (Å²) < 4.78 is 5.23. The summed E-state index contributed by atoms with van der Waals surface area (Å²) in [6, 6.07) is 0.254. The third-order valence-electron chi connectivity index (χ3n) is 5.18. The van der Waals surface area contributed by atoms with Gasteiger partial charge >= 0.3 is 5.69 Å². The quantitative estimate of drug-likeness (QED) is 0.447. The molecule has 1 saturated heterocycles. The second-order valence-electron chi connectivity index (χ2n) is 7.19. The number of nitrogens with one attached hydrogen (secondary N) is 2. The second-order valence-corrected chi connectivity index (χ2v) is 7.19. The SMILES string of the molecule is N[C@H]1CC[C@H](CNc2nc(NCC(=O)N3CCOCC3)ncc2[N+](=O)[O-])CC1. The van der Waals surface area contributed by atoms with Gasteiger partial charge in [0.05, 0.1) is 24.7 Å². The molecule has 1 aromatic rings. The van der Waals surface area contributed by atoms with E-state index in [1.165, 1.54) is 0 Å². The van der Waals surface area contributed by atoms with Gasteiger partial charge in [-0.1, -0.05) is 0 Å². The van der Waals surface area contributed by atoms with Crippen LogP contribution in [0.1, 0.15) is 25.7 Å². The molecule has 0 spiro atoms. The minimum Gasteiger partial charge on any atom is -0.378 e. The minimum atomic E-state index is -0.512. The number of nitro groups is 1. The summed E-state index contributed by atoms with van der Waals surface area (Å²) >= 11 is 0. The average molecular weight is 393 g/mol. The highest BCUT2D eigenvalue weighted by Gasteiger charge is 2.22. The Balaban J connectivity index is 1.58. The summed E-state index contributed by atoms with van der Waals surface area (Å²) in [5.74, 6) is 0.670. The van der Waals surface area contributed by atoms with Crippen molar-refractivity contribution in [2.45, 2.75) is 31.7 Å². The molecule has 1 aliphatic heterocycles. The number of carbonyl (C=O) groups is 1. The standard InChI is InChI=1S/C17H27N7O4/c18-13-3-1-12(2-4-13)9-19-16-14(24(26)27)10-20-17(22-16)21-11-15(25)23-5-7-28-8-6-23/h10,12-13H,1-9,11,18H2,(H2,19,20,21,22)/t12-,13-. The van der Waals surface area contributed by atoms with E-state index in [1.807, 2.05) is 0 Å². The predicted molar refractivity (Wildman–Crippen MR) is 103 cm³/mol. The molecule has 11 nitrogen and oxygen atoms in total. The lowest BCUT2D eigenvalue weighted by molar-refractivity contribution is -0.384. The topological polar surface area (TPSA) is 149 Å². The summed E-state index contributed by atoms with van der Waals surface area (Å²) in [5, 5.41) is 17.2. The maximum absolute atomic E-state index is 12.2. The highest BCUT2D eigenvalue weighted by Crippen LogP contribution is 2.26. The Morgan fingerprint density at radius 1 is 1.29 bits per heavy atom. The minimum absolute atomic E-state index is 0.0256. The van der Waals surface area contributed by atoms with Crippen LogP contribution in [-0.2, 0) is 9.53 Å². The van der Waals surface area contributed by atoms with E-state index >= 15 is 0 Å². The van der Waals surface area contributed by atoms with Crippen LogP contribution in [0.3, 0.4) is 0 Å². The van der Waals surface area contributed by atoms with Crippen molar-refractivity contribution in [3.05, 3.63) is 16.3 Å². The van der Waals surface area contributed by atoms with Crippen LogP contribution < -0.4 is 16.4 Å². The molecule has 2 fully saturated rings. The van der Waals surface area contributed by atoms with Gasteiger partial charge in [-0.2, -0.15) is 4.98 Å². The molecule has 0 unspecified atom stereocenters. The number of ether oxygens (including phenoxy) is 1. The van der Waals surface area contributed by atoms with Gasteiger partial charge in [-0.15, -0.1) is 0 Å². The third-order valence-corrected chi connectivity index (χ3v) is 5.18. The molecule has 0 bridgehead atoms. The van der Waals surface area contributed by atoms with Crippen LogP contribution in [0.25, 0.3) is 0 Å². The van der Waals surface area contributed by atoms with Gasteiger partial charge < -0.3 is 26.0 Å². The molecule has 4 N–H and O–H groups in total. The van der Waals surface area contributed by atoms with Crippen molar-refractivity contribution in [3.8, 4) is 0 Å². The maximum Gasteiger partial charge on any atom is 0.329 e. The first-order chi connectivity index (χ1) is 13.5. The Bertz CT molecular complexity index is 688. The number of aromatic nitrogens is 2. The van der Waals surface area contributed by atoms with Gasteiger partial charge in [0, 0.05) is 25.7 Å². The molecular weight excluding hydrogens is 366 g/mol. The zero-order valence-electron chi connectivity index (χ0n) is 15.8. The van der Waals surface area contributed by atoms with Gasteiger partial charge in [-0.05, 0) is 31.6 Å². The molecule has 1 saturated carbocycles. The normalized spacial score (nSPS) is 22.5. The molecule has 2 aliphatic rings. The largest absolute Gasteiger partial charge is 0.378 e. The van der Waals surface area contributed by atoms with E-state index in [1.54, 1.807) is 4.90 Å². The number of amides is 1. The molecular formula is C17H27N7O4. The van der Waals surface area contributed by atoms with E-state index in [0.29, 0.717) is 38.8 Å². The Kier molecular flexibility index (Phi) is 6.93. The summed E-state index contributed by atoms with van der Waals surface area (Å²) in [5.41, 5.74) is 5.74. The van der Waals surface area contributed by atoms with Crippen molar-refractivity contribution in [1.29, 1.82) is 0 Å². The highest BCUT2D eigenvalue weighted by molar-refractivity contribution is 5.80. The molecule has 1 aromatic heterocycles. The van der Waals surface area contributed by atoms with Crippen LogP contribution in [0, 0.1) is 16.0 Å². The summed E-state index contributed by atoms with van der Waals surface area (Å²) in [6.07, 6.45) is 5.08. The average Bonchev–Trinajstić information content (AvgIpc) is 2.72. The number of nitrogens with two attached hydrogens (primary N) is 1. The Morgan fingerprint density at radius 2 is 2.00 bits per heavy atom. The fourth-order valence-electron chi connectivity index (χ4n) is 3.44. The van der Waals surface area contributed by atoms with E-state index in [0.717, 1.165) is 31.9 Å². The number of hydrogen-bond donors (Lipinski definition) is 3. The fraction of sp³-hybridized carbons (Fsp3) is 0.706. The first kappa shape index (κ1) is 20.2. The molecule has 28 heavy (non-hydrogen) atoms. The van der Waals surface area contributed by atoms with Crippen molar-refractivity contribution in [3.63, 3.8) is 0 Å². The molecule has 154 valence electrons. The zero-order chi connectivity index (χ0) is 19.9. The monoisotopic (exact) mass is 393 g/mol. The van der Waals surface area contributed by atoms with Crippen molar-refractivity contribution < 1.29 is 14.5 Å². The Morgan fingerprint density at radius 3 is 2.68 bits per heavy atom.